The molecule has 0 radical (unpaired) electrons. The summed E-state index contributed by atoms with van der Waals surface area (Å²) >= 11 is 3.24. The second-order valence-electron chi connectivity index (χ2n) is 4.93. The Morgan fingerprint density at radius 3 is 2.90 bits per heavy atom. The maximum atomic E-state index is 11.4. The van der Waals surface area contributed by atoms with Gasteiger partial charge in [0.05, 0.1) is 9.40 Å². The Morgan fingerprint density at radius 2 is 2.35 bits per heavy atom. The highest BCUT2D eigenvalue weighted by atomic mass is 79.9. The van der Waals surface area contributed by atoms with E-state index in [1.807, 2.05) is 6.92 Å². The standard InChI is InChI=1S/C12H14BrN3O4/c1-7-2-3-15(10(4-7)12(17)18)11-9(13)5-8(6-14-11)16(19)20/h5-7,10H,2-4H2,1H3,(H,17,18). The minimum Gasteiger partial charge on any atom is -0.480 e. The number of rotatable bonds is 3. The summed E-state index contributed by atoms with van der Waals surface area (Å²) < 4.78 is 0.438. The number of nitrogens with zero attached hydrogens (tertiary/aromatic N) is 3. The van der Waals surface area contributed by atoms with Gasteiger partial charge in [-0.15, -0.1) is 0 Å². The number of piperidine rings is 1. The van der Waals surface area contributed by atoms with Crippen LogP contribution in [-0.2, 0) is 4.79 Å². The van der Waals surface area contributed by atoms with E-state index in [0.717, 1.165) is 12.6 Å². The largest absolute Gasteiger partial charge is 0.480 e. The Bertz CT molecular complexity index is 552. The van der Waals surface area contributed by atoms with Gasteiger partial charge in [-0.05, 0) is 34.7 Å². The monoisotopic (exact) mass is 343 g/mol. The number of aromatic nitrogens is 1. The van der Waals surface area contributed by atoms with E-state index in [2.05, 4.69) is 20.9 Å². The number of carbonyl (C=O) groups is 1. The molecule has 1 aromatic heterocycles. The van der Waals surface area contributed by atoms with Crippen LogP contribution >= 0.6 is 15.9 Å². The second-order valence-corrected chi connectivity index (χ2v) is 5.79. The number of carboxylic acids is 1. The molecule has 1 N–H and O–H groups in total. The number of hydrogen-bond acceptors (Lipinski definition) is 5. The summed E-state index contributed by atoms with van der Waals surface area (Å²) in [5.74, 6) is -0.123. The lowest BCUT2D eigenvalue weighted by Crippen LogP contribution is -2.47. The second kappa shape index (κ2) is 5.74. The third kappa shape index (κ3) is 2.90. The number of halogens is 1. The molecule has 2 atom stereocenters. The van der Waals surface area contributed by atoms with E-state index in [1.165, 1.54) is 6.07 Å². The van der Waals surface area contributed by atoms with Crippen molar-refractivity contribution in [2.75, 3.05) is 11.4 Å². The van der Waals surface area contributed by atoms with Crippen LogP contribution in [0, 0.1) is 16.0 Å². The van der Waals surface area contributed by atoms with Crippen molar-refractivity contribution < 1.29 is 14.8 Å². The van der Waals surface area contributed by atoms with Crippen LogP contribution in [-0.4, -0.2) is 33.6 Å². The van der Waals surface area contributed by atoms with Gasteiger partial charge >= 0.3 is 5.97 Å². The van der Waals surface area contributed by atoms with Gasteiger partial charge in [-0.3, -0.25) is 10.1 Å². The highest BCUT2D eigenvalue weighted by molar-refractivity contribution is 9.10. The third-order valence-corrected chi connectivity index (χ3v) is 4.02. The van der Waals surface area contributed by atoms with Crippen LogP contribution in [0.1, 0.15) is 19.8 Å². The average Bonchev–Trinajstić information content (AvgIpc) is 2.38. The molecule has 0 amide bonds. The van der Waals surface area contributed by atoms with Crippen molar-refractivity contribution in [3.63, 3.8) is 0 Å². The van der Waals surface area contributed by atoms with Crippen LogP contribution in [0.4, 0.5) is 11.5 Å². The summed E-state index contributed by atoms with van der Waals surface area (Å²) in [5, 5.41) is 20.0. The van der Waals surface area contributed by atoms with Gasteiger partial charge in [0, 0.05) is 12.6 Å². The number of anilines is 1. The first kappa shape index (κ1) is 14.7. The van der Waals surface area contributed by atoms with Crippen molar-refractivity contribution in [2.24, 2.45) is 5.92 Å². The minimum atomic E-state index is -0.899. The Morgan fingerprint density at radius 1 is 1.65 bits per heavy atom. The summed E-state index contributed by atoms with van der Waals surface area (Å²) in [5.41, 5.74) is -0.127. The zero-order valence-electron chi connectivity index (χ0n) is 10.8. The number of nitro groups is 1. The van der Waals surface area contributed by atoms with E-state index in [4.69, 9.17) is 0 Å². The van der Waals surface area contributed by atoms with Crippen molar-refractivity contribution in [3.05, 3.63) is 26.9 Å². The molecule has 0 aromatic carbocycles. The van der Waals surface area contributed by atoms with Crippen LogP contribution in [0.3, 0.4) is 0 Å². The molecule has 2 rings (SSSR count). The smallest absolute Gasteiger partial charge is 0.326 e. The summed E-state index contributed by atoms with van der Waals surface area (Å²) in [4.78, 5) is 27.3. The predicted molar refractivity (Wildman–Crippen MR) is 75.8 cm³/mol. The highest BCUT2D eigenvalue weighted by Gasteiger charge is 2.33. The molecule has 8 heteroatoms. The van der Waals surface area contributed by atoms with Gasteiger partial charge < -0.3 is 10.0 Å². The number of aliphatic carboxylic acids is 1. The van der Waals surface area contributed by atoms with E-state index in [-0.39, 0.29) is 5.69 Å². The minimum absolute atomic E-state index is 0.127. The Balaban J connectivity index is 2.34. The summed E-state index contributed by atoms with van der Waals surface area (Å²) in [6.07, 6.45) is 2.56. The van der Waals surface area contributed by atoms with Crippen molar-refractivity contribution >= 4 is 33.4 Å². The first-order valence-corrected chi connectivity index (χ1v) is 6.99. The zero-order chi connectivity index (χ0) is 14.9. The molecule has 1 aliphatic rings. The molecule has 0 bridgehead atoms. The summed E-state index contributed by atoms with van der Waals surface area (Å²) in [6, 6.07) is 0.697. The molecule has 108 valence electrons. The van der Waals surface area contributed by atoms with Gasteiger partial charge in [0.25, 0.3) is 5.69 Å². The third-order valence-electron chi connectivity index (χ3n) is 3.44. The van der Waals surface area contributed by atoms with Gasteiger partial charge in [-0.1, -0.05) is 6.92 Å². The van der Waals surface area contributed by atoms with Crippen LogP contribution in [0.5, 0.6) is 0 Å². The van der Waals surface area contributed by atoms with Crippen LogP contribution in [0.25, 0.3) is 0 Å². The van der Waals surface area contributed by atoms with Crippen molar-refractivity contribution in [3.8, 4) is 0 Å². The number of pyridine rings is 1. The molecule has 0 saturated carbocycles. The maximum Gasteiger partial charge on any atom is 0.326 e. The fourth-order valence-corrected chi connectivity index (χ4v) is 2.93. The van der Waals surface area contributed by atoms with E-state index in [9.17, 15) is 20.0 Å². The summed E-state index contributed by atoms with van der Waals surface area (Å²) in [7, 11) is 0. The molecule has 0 aliphatic carbocycles. The predicted octanol–water partition coefficient (Wildman–Crippen LogP) is 2.44. The molecule has 2 unspecified atom stereocenters. The molecular formula is C12H14BrN3O4. The fourth-order valence-electron chi connectivity index (χ4n) is 2.36. The molecule has 2 heterocycles. The van der Waals surface area contributed by atoms with Gasteiger partial charge in [-0.2, -0.15) is 0 Å². The molecule has 1 saturated heterocycles. The normalized spacial score (nSPS) is 22.6. The van der Waals surface area contributed by atoms with Crippen molar-refractivity contribution in [1.82, 2.24) is 4.98 Å². The van der Waals surface area contributed by atoms with Gasteiger partial charge in [-0.25, -0.2) is 9.78 Å². The maximum absolute atomic E-state index is 11.4. The van der Waals surface area contributed by atoms with E-state index >= 15 is 0 Å². The first-order valence-electron chi connectivity index (χ1n) is 6.19. The Kier molecular flexibility index (Phi) is 4.22. The topological polar surface area (TPSA) is 96.6 Å². The molecular weight excluding hydrogens is 330 g/mol. The van der Waals surface area contributed by atoms with Gasteiger partial charge in [0.1, 0.15) is 18.1 Å². The number of hydrogen-bond donors (Lipinski definition) is 1. The van der Waals surface area contributed by atoms with Crippen LogP contribution < -0.4 is 4.90 Å². The van der Waals surface area contributed by atoms with E-state index in [0.29, 0.717) is 29.2 Å². The van der Waals surface area contributed by atoms with Gasteiger partial charge in [0.2, 0.25) is 0 Å². The SMILES string of the molecule is CC1CCN(c2ncc([N+](=O)[O-])cc2Br)C(C(=O)O)C1. The van der Waals surface area contributed by atoms with Crippen molar-refractivity contribution in [2.45, 2.75) is 25.8 Å². The van der Waals surface area contributed by atoms with E-state index in [1.54, 1.807) is 4.90 Å². The molecule has 0 spiro atoms. The van der Waals surface area contributed by atoms with Crippen LogP contribution in [0.15, 0.2) is 16.7 Å². The molecule has 1 fully saturated rings. The Labute approximate surface area is 123 Å². The molecule has 7 nitrogen and oxygen atoms in total. The fraction of sp³-hybridized carbons (Fsp3) is 0.500. The zero-order valence-corrected chi connectivity index (χ0v) is 12.4. The summed E-state index contributed by atoms with van der Waals surface area (Å²) in [6.45, 7) is 2.59. The van der Waals surface area contributed by atoms with E-state index < -0.39 is 16.9 Å². The van der Waals surface area contributed by atoms with Crippen LogP contribution in [0.2, 0.25) is 0 Å². The average molecular weight is 344 g/mol. The quantitative estimate of drug-likeness (QED) is 0.668. The lowest BCUT2D eigenvalue weighted by Gasteiger charge is -2.37. The molecule has 1 aromatic rings. The lowest BCUT2D eigenvalue weighted by atomic mass is 9.92. The number of carboxylic acid groups (broad SMARTS) is 1. The first-order chi connectivity index (χ1) is 9.40. The highest BCUT2D eigenvalue weighted by Crippen LogP contribution is 2.33. The Hall–Kier alpha value is -1.70. The van der Waals surface area contributed by atoms with Crippen molar-refractivity contribution in [1.29, 1.82) is 0 Å². The lowest BCUT2D eigenvalue weighted by molar-refractivity contribution is -0.385. The molecule has 20 heavy (non-hydrogen) atoms. The van der Waals surface area contributed by atoms with Gasteiger partial charge in [0.15, 0.2) is 0 Å². The molecule has 1 aliphatic heterocycles.